The summed E-state index contributed by atoms with van der Waals surface area (Å²) in [6, 6.07) is 22.8. The van der Waals surface area contributed by atoms with Gasteiger partial charge in [-0.2, -0.15) is 9.61 Å². The topological polar surface area (TPSA) is 103 Å². The molecule has 6 aromatic rings. The average molecular weight is 446 g/mol. The van der Waals surface area contributed by atoms with Crippen LogP contribution in [0.1, 0.15) is 0 Å². The fraction of sp³-hybridized carbons (Fsp3) is 0.0400. The molecule has 0 saturated carbocycles. The number of pyridine rings is 1. The molecule has 1 amide bonds. The number of carbonyl (C=O) groups excluding carboxylic acids is 1. The van der Waals surface area contributed by atoms with Crippen molar-refractivity contribution >= 4 is 28.3 Å². The SMILES string of the molecule is O=C(Cn1cnc2ccccc21)Nc1ccc(-c2ccc3nnc(-c4ccncc4)n3n2)cc1. The molecular weight excluding hydrogens is 428 g/mol. The minimum Gasteiger partial charge on any atom is -0.325 e. The van der Waals surface area contributed by atoms with E-state index in [1.807, 2.05) is 77.4 Å². The molecule has 0 aliphatic rings. The van der Waals surface area contributed by atoms with Crippen LogP contribution < -0.4 is 5.32 Å². The van der Waals surface area contributed by atoms with Crippen LogP contribution in [0.5, 0.6) is 0 Å². The van der Waals surface area contributed by atoms with Crippen LogP contribution in [0.2, 0.25) is 0 Å². The lowest BCUT2D eigenvalue weighted by Crippen LogP contribution is -2.18. The molecule has 1 N–H and O–H groups in total. The van der Waals surface area contributed by atoms with Crippen LogP contribution in [0.15, 0.2) is 91.5 Å². The highest BCUT2D eigenvalue weighted by atomic mass is 16.1. The molecule has 0 aliphatic carbocycles. The standard InChI is InChI=1S/C25H18N8O/c34-24(15-32-16-27-21-3-1-2-4-22(21)32)28-19-7-5-17(6-8-19)20-9-10-23-29-30-25(33(23)31-20)18-11-13-26-14-12-18/h1-14,16H,15H2,(H,28,34). The Balaban J connectivity index is 1.21. The Morgan fingerprint density at radius 2 is 1.68 bits per heavy atom. The van der Waals surface area contributed by atoms with Crippen molar-refractivity contribution in [1.29, 1.82) is 0 Å². The number of fused-ring (bicyclic) bond motifs is 2. The van der Waals surface area contributed by atoms with Crippen LogP contribution in [0.4, 0.5) is 5.69 Å². The second kappa shape index (κ2) is 8.21. The zero-order chi connectivity index (χ0) is 22.9. The number of aromatic nitrogens is 7. The Kier molecular flexibility index (Phi) is 4.77. The molecule has 9 nitrogen and oxygen atoms in total. The Morgan fingerprint density at radius 3 is 2.53 bits per heavy atom. The summed E-state index contributed by atoms with van der Waals surface area (Å²) in [5.74, 6) is 0.525. The number of benzene rings is 2. The maximum absolute atomic E-state index is 12.6. The fourth-order valence-corrected chi connectivity index (χ4v) is 3.84. The highest BCUT2D eigenvalue weighted by Gasteiger charge is 2.11. The van der Waals surface area contributed by atoms with Gasteiger partial charge in [0.25, 0.3) is 0 Å². The van der Waals surface area contributed by atoms with Crippen molar-refractivity contribution in [2.75, 3.05) is 5.32 Å². The Morgan fingerprint density at radius 1 is 0.853 bits per heavy atom. The number of nitrogens with one attached hydrogen (secondary N) is 1. The molecule has 164 valence electrons. The van der Waals surface area contributed by atoms with E-state index in [1.165, 1.54) is 0 Å². The van der Waals surface area contributed by atoms with Gasteiger partial charge >= 0.3 is 0 Å². The van der Waals surface area contributed by atoms with E-state index < -0.39 is 0 Å². The third-order valence-corrected chi connectivity index (χ3v) is 5.51. The van der Waals surface area contributed by atoms with Crippen LogP contribution in [0, 0.1) is 0 Å². The number of rotatable bonds is 5. The summed E-state index contributed by atoms with van der Waals surface area (Å²) in [5, 5.41) is 16.1. The van der Waals surface area contributed by atoms with Gasteiger partial charge in [-0.3, -0.25) is 9.78 Å². The third-order valence-electron chi connectivity index (χ3n) is 5.51. The summed E-state index contributed by atoms with van der Waals surface area (Å²) in [4.78, 5) is 21.0. The van der Waals surface area contributed by atoms with E-state index in [4.69, 9.17) is 5.10 Å². The number of hydrogen-bond donors (Lipinski definition) is 1. The van der Waals surface area contributed by atoms with Crippen LogP contribution in [-0.4, -0.2) is 40.3 Å². The van der Waals surface area contributed by atoms with Crippen LogP contribution in [0.3, 0.4) is 0 Å². The number of anilines is 1. The largest absolute Gasteiger partial charge is 0.325 e. The molecule has 34 heavy (non-hydrogen) atoms. The van der Waals surface area contributed by atoms with Crippen molar-refractivity contribution in [3.05, 3.63) is 91.5 Å². The lowest BCUT2D eigenvalue weighted by atomic mass is 10.1. The van der Waals surface area contributed by atoms with Gasteiger partial charge in [0.15, 0.2) is 11.5 Å². The highest BCUT2D eigenvalue weighted by molar-refractivity contribution is 5.91. The van der Waals surface area contributed by atoms with Crippen LogP contribution in [0.25, 0.3) is 39.3 Å². The van der Waals surface area contributed by atoms with Gasteiger partial charge in [0, 0.05) is 29.2 Å². The van der Waals surface area contributed by atoms with Gasteiger partial charge in [-0.05, 0) is 48.5 Å². The van der Waals surface area contributed by atoms with Crippen molar-refractivity contribution in [3.63, 3.8) is 0 Å². The van der Waals surface area contributed by atoms with Crippen molar-refractivity contribution in [1.82, 2.24) is 34.3 Å². The zero-order valence-electron chi connectivity index (χ0n) is 17.9. The molecule has 0 saturated heterocycles. The molecule has 4 aromatic heterocycles. The van der Waals surface area contributed by atoms with E-state index in [2.05, 4.69) is 25.5 Å². The summed E-state index contributed by atoms with van der Waals surface area (Å²) in [6.07, 6.45) is 5.10. The number of imidazole rings is 1. The smallest absolute Gasteiger partial charge is 0.244 e. The molecule has 0 radical (unpaired) electrons. The van der Waals surface area contributed by atoms with E-state index in [-0.39, 0.29) is 12.5 Å². The lowest BCUT2D eigenvalue weighted by Gasteiger charge is -2.08. The molecule has 9 heteroatoms. The van der Waals surface area contributed by atoms with E-state index in [1.54, 1.807) is 23.2 Å². The number of hydrogen-bond acceptors (Lipinski definition) is 6. The molecule has 0 fully saturated rings. The second-order valence-corrected chi connectivity index (χ2v) is 7.73. The Bertz CT molecular complexity index is 1620. The monoisotopic (exact) mass is 446 g/mol. The first kappa shape index (κ1) is 19.7. The molecule has 0 atom stereocenters. The average Bonchev–Trinajstić information content (AvgIpc) is 3.49. The Labute approximate surface area is 193 Å². The van der Waals surface area contributed by atoms with Gasteiger partial charge in [0.2, 0.25) is 5.91 Å². The molecule has 6 rings (SSSR count). The first-order valence-corrected chi connectivity index (χ1v) is 10.7. The van der Waals surface area contributed by atoms with Gasteiger partial charge in [0.1, 0.15) is 6.54 Å². The maximum Gasteiger partial charge on any atom is 0.244 e. The number of amides is 1. The maximum atomic E-state index is 12.6. The van der Waals surface area contributed by atoms with Crippen LogP contribution >= 0.6 is 0 Å². The molecule has 0 spiro atoms. The van der Waals surface area contributed by atoms with Crippen molar-refractivity contribution in [3.8, 4) is 22.6 Å². The fourth-order valence-electron chi connectivity index (χ4n) is 3.84. The predicted octanol–water partition coefficient (Wildman–Crippen LogP) is 3.84. The van der Waals surface area contributed by atoms with Crippen molar-refractivity contribution in [2.45, 2.75) is 6.54 Å². The molecule has 4 heterocycles. The normalized spacial score (nSPS) is 11.2. The van der Waals surface area contributed by atoms with Gasteiger partial charge in [-0.1, -0.05) is 24.3 Å². The zero-order valence-corrected chi connectivity index (χ0v) is 17.9. The summed E-state index contributed by atoms with van der Waals surface area (Å²) >= 11 is 0. The number of para-hydroxylation sites is 2. The summed E-state index contributed by atoms with van der Waals surface area (Å²) < 4.78 is 3.55. The minimum absolute atomic E-state index is 0.123. The van der Waals surface area contributed by atoms with Gasteiger partial charge in [-0.15, -0.1) is 10.2 Å². The van der Waals surface area contributed by atoms with E-state index in [0.29, 0.717) is 17.2 Å². The van der Waals surface area contributed by atoms with Gasteiger partial charge in [0.05, 0.1) is 23.1 Å². The molecular formula is C25H18N8O. The van der Waals surface area contributed by atoms with Gasteiger partial charge in [-0.25, -0.2) is 4.98 Å². The summed E-state index contributed by atoms with van der Waals surface area (Å²) in [7, 11) is 0. The van der Waals surface area contributed by atoms with Crippen molar-refractivity contribution in [2.24, 2.45) is 0 Å². The molecule has 0 unspecified atom stereocenters. The number of nitrogens with zero attached hydrogens (tertiary/aromatic N) is 7. The van der Waals surface area contributed by atoms with Crippen LogP contribution in [-0.2, 0) is 11.3 Å². The first-order chi connectivity index (χ1) is 16.7. The van der Waals surface area contributed by atoms with E-state index in [9.17, 15) is 4.79 Å². The third kappa shape index (κ3) is 3.65. The van der Waals surface area contributed by atoms with Crippen molar-refractivity contribution < 1.29 is 4.79 Å². The molecule has 2 aromatic carbocycles. The lowest BCUT2D eigenvalue weighted by molar-refractivity contribution is -0.116. The predicted molar refractivity (Wildman–Crippen MR) is 128 cm³/mol. The second-order valence-electron chi connectivity index (χ2n) is 7.73. The molecule has 0 bridgehead atoms. The van der Waals surface area contributed by atoms with E-state index >= 15 is 0 Å². The van der Waals surface area contributed by atoms with E-state index in [0.717, 1.165) is 27.9 Å². The quantitative estimate of drug-likeness (QED) is 0.432. The minimum atomic E-state index is -0.123. The summed E-state index contributed by atoms with van der Waals surface area (Å²) in [5.41, 5.74) is 5.72. The Hall–Kier alpha value is -4.92. The summed E-state index contributed by atoms with van der Waals surface area (Å²) in [6.45, 7) is 0.186. The number of carbonyl (C=O) groups is 1. The van der Waals surface area contributed by atoms with Gasteiger partial charge < -0.3 is 9.88 Å². The highest BCUT2D eigenvalue weighted by Crippen LogP contribution is 2.22. The first-order valence-electron chi connectivity index (χ1n) is 10.7. The molecule has 0 aliphatic heterocycles.